The number of fused-ring (bicyclic) bond motifs is 4. The van der Waals surface area contributed by atoms with E-state index in [1.165, 1.54) is 18.2 Å². The summed E-state index contributed by atoms with van der Waals surface area (Å²) in [6.07, 6.45) is -3.88. The van der Waals surface area contributed by atoms with Crippen LogP contribution in [0.4, 0.5) is 13.2 Å². The number of hydrogen-bond donors (Lipinski definition) is 0. The van der Waals surface area contributed by atoms with Gasteiger partial charge in [-0.25, -0.2) is 0 Å². The molecule has 2 aliphatic heterocycles. The normalized spacial score (nSPS) is 20.5. The van der Waals surface area contributed by atoms with Gasteiger partial charge >= 0.3 is 6.36 Å². The van der Waals surface area contributed by atoms with Crippen LogP contribution in [0.15, 0.2) is 41.2 Å². The summed E-state index contributed by atoms with van der Waals surface area (Å²) in [7, 11) is 3.70. The predicted molar refractivity (Wildman–Crippen MR) is 109 cm³/mol. The molecule has 3 heterocycles. The van der Waals surface area contributed by atoms with Gasteiger partial charge in [-0.15, -0.1) is 13.2 Å². The SMILES string of the molecule is CN(C)CC(=O)N1CC2CC(C1)c1c(-c3ccc(OC(F)(F)F)cc3)ccc(=O)n1C2. The van der Waals surface area contributed by atoms with Gasteiger partial charge in [0, 0.05) is 42.9 Å². The summed E-state index contributed by atoms with van der Waals surface area (Å²) in [5.74, 6) is -0.0421. The van der Waals surface area contributed by atoms with Crippen LogP contribution in [0.5, 0.6) is 5.75 Å². The standard InChI is InChI=1S/C22H24F3N3O3/c1-26(2)13-20(30)27-10-14-9-16(12-27)21-18(7-8-19(29)28(21)11-14)15-3-5-17(6-4-15)31-22(23,24)25/h3-8,14,16H,9-13H2,1-2H3. The lowest BCUT2D eigenvalue weighted by Crippen LogP contribution is -2.51. The second kappa shape index (κ2) is 8.03. The second-order valence-corrected chi connectivity index (χ2v) is 8.49. The van der Waals surface area contributed by atoms with E-state index in [2.05, 4.69) is 4.74 Å². The fourth-order valence-electron chi connectivity index (χ4n) is 4.67. The highest BCUT2D eigenvalue weighted by atomic mass is 19.4. The minimum Gasteiger partial charge on any atom is -0.406 e. The number of rotatable bonds is 4. The minimum atomic E-state index is -4.75. The highest BCUT2D eigenvalue weighted by Gasteiger charge is 2.38. The van der Waals surface area contributed by atoms with Crippen LogP contribution in [0.25, 0.3) is 11.1 Å². The van der Waals surface area contributed by atoms with Gasteiger partial charge in [0.25, 0.3) is 5.56 Å². The van der Waals surface area contributed by atoms with Crippen LogP contribution in [0.3, 0.4) is 0 Å². The van der Waals surface area contributed by atoms with Gasteiger partial charge in [0.05, 0.1) is 6.54 Å². The van der Waals surface area contributed by atoms with Crippen molar-refractivity contribution in [1.29, 1.82) is 0 Å². The number of pyridine rings is 1. The molecule has 2 aromatic rings. The summed E-state index contributed by atoms with van der Waals surface area (Å²) >= 11 is 0. The molecule has 6 nitrogen and oxygen atoms in total. The Kier molecular flexibility index (Phi) is 5.55. The van der Waals surface area contributed by atoms with Gasteiger partial charge < -0.3 is 19.1 Å². The van der Waals surface area contributed by atoms with E-state index in [-0.39, 0.29) is 29.1 Å². The molecule has 31 heavy (non-hydrogen) atoms. The summed E-state index contributed by atoms with van der Waals surface area (Å²) in [5, 5.41) is 0. The maximum atomic E-state index is 12.6. The molecule has 0 spiro atoms. The molecule has 0 N–H and O–H groups in total. The van der Waals surface area contributed by atoms with Crippen molar-refractivity contribution in [2.45, 2.75) is 25.2 Å². The van der Waals surface area contributed by atoms with E-state index in [0.29, 0.717) is 31.7 Å². The van der Waals surface area contributed by atoms with E-state index in [1.807, 2.05) is 23.9 Å². The molecule has 2 atom stereocenters. The zero-order valence-electron chi connectivity index (χ0n) is 17.4. The van der Waals surface area contributed by atoms with E-state index in [0.717, 1.165) is 17.7 Å². The van der Waals surface area contributed by atoms with E-state index in [4.69, 9.17) is 0 Å². The van der Waals surface area contributed by atoms with Crippen LogP contribution in [0.2, 0.25) is 0 Å². The van der Waals surface area contributed by atoms with Crippen molar-refractivity contribution in [2.75, 3.05) is 33.7 Å². The number of piperidine rings is 1. The first-order valence-electron chi connectivity index (χ1n) is 10.1. The summed E-state index contributed by atoms with van der Waals surface area (Å²) < 4.78 is 43.1. The van der Waals surface area contributed by atoms with Gasteiger partial charge in [-0.1, -0.05) is 12.1 Å². The summed E-state index contributed by atoms with van der Waals surface area (Å²) in [6, 6.07) is 8.87. The highest BCUT2D eigenvalue weighted by molar-refractivity contribution is 5.78. The number of benzene rings is 1. The van der Waals surface area contributed by atoms with Crippen molar-refractivity contribution in [3.05, 3.63) is 52.4 Å². The van der Waals surface area contributed by atoms with Crippen molar-refractivity contribution in [1.82, 2.24) is 14.4 Å². The third-order valence-electron chi connectivity index (χ3n) is 5.79. The number of alkyl halides is 3. The maximum absolute atomic E-state index is 12.6. The first-order chi connectivity index (χ1) is 14.6. The van der Waals surface area contributed by atoms with Crippen LogP contribution >= 0.6 is 0 Å². The Morgan fingerprint density at radius 2 is 1.81 bits per heavy atom. The second-order valence-electron chi connectivity index (χ2n) is 8.49. The Labute approximate surface area is 177 Å². The van der Waals surface area contributed by atoms with E-state index in [1.54, 1.807) is 22.8 Å². The molecule has 0 saturated carbocycles. The smallest absolute Gasteiger partial charge is 0.406 e. The van der Waals surface area contributed by atoms with Crippen LogP contribution in [0.1, 0.15) is 18.0 Å². The van der Waals surface area contributed by atoms with Gasteiger partial charge in [0.1, 0.15) is 5.75 Å². The molecule has 1 amide bonds. The van der Waals surface area contributed by atoms with Gasteiger partial charge in [-0.3, -0.25) is 9.59 Å². The average Bonchev–Trinajstić information content (AvgIpc) is 2.67. The molecule has 9 heteroatoms. The summed E-state index contributed by atoms with van der Waals surface area (Å²) in [5.41, 5.74) is 2.24. The largest absolute Gasteiger partial charge is 0.573 e. The van der Waals surface area contributed by atoms with Crippen molar-refractivity contribution < 1.29 is 22.7 Å². The van der Waals surface area contributed by atoms with E-state index >= 15 is 0 Å². The molecular weight excluding hydrogens is 411 g/mol. The van der Waals surface area contributed by atoms with Gasteiger partial charge in [0.2, 0.25) is 5.91 Å². The molecule has 2 unspecified atom stereocenters. The first kappa shape index (κ1) is 21.4. The van der Waals surface area contributed by atoms with Crippen molar-refractivity contribution in [3.8, 4) is 16.9 Å². The number of likely N-dealkylation sites (N-methyl/N-ethyl adjacent to an activating group) is 1. The van der Waals surface area contributed by atoms with Gasteiger partial charge in [-0.05, 0) is 50.2 Å². The molecule has 2 bridgehead atoms. The van der Waals surface area contributed by atoms with Gasteiger partial charge in [-0.2, -0.15) is 0 Å². The maximum Gasteiger partial charge on any atom is 0.573 e. The molecule has 0 aliphatic carbocycles. The average molecular weight is 435 g/mol. The lowest BCUT2D eigenvalue weighted by Gasteiger charge is -2.43. The number of hydrogen-bond acceptors (Lipinski definition) is 4. The molecule has 1 saturated heterocycles. The van der Waals surface area contributed by atoms with Crippen LogP contribution in [-0.2, 0) is 11.3 Å². The number of likely N-dealkylation sites (tertiary alicyclic amines) is 1. The Morgan fingerprint density at radius 1 is 1.10 bits per heavy atom. The number of halogens is 3. The number of carbonyl (C=O) groups excluding carboxylic acids is 1. The Hall–Kier alpha value is -2.81. The molecule has 4 rings (SSSR count). The Morgan fingerprint density at radius 3 is 2.45 bits per heavy atom. The van der Waals surface area contributed by atoms with Crippen molar-refractivity contribution in [2.24, 2.45) is 5.92 Å². The third-order valence-corrected chi connectivity index (χ3v) is 5.79. The number of carbonyl (C=O) groups is 1. The number of aromatic nitrogens is 1. The molecule has 1 aromatic carbocycles. The van der Waals surface area contributed by atoms with Crippen LogP contribution in [0, 0.1) is 5.92 Å². The molecule has 1 aromatic heterocycles. The van der Waals surface area contributed by atoms with Crippen LogP contribution in [-0.4, -0.2) is 60.4 Å². The van der Waals surface area contributed by atoms with Gasteiger partial charge in [0.15, 0.2) is 0 Å². The zero-order valence-corrected chi connectivity index (χ0v) is 17.4. The highest BCUT2D eigenvalue weighted by Crippen LogP contribution is 2.40. The zero-order chi connectivity index (χ0) is 22.3. The Bertz CT molecular complexity index is 1030. The lowest BCUT2D eigenvalue weighted by molar-refractivity contribution is -0.274. The van der Waals surface area contributed by atoms with Crippen LogP contribution < -0.4 is 10.3 Å². The fraction of sp³-hybridized carbons (Fsp3) is 0.455. The summed E-state index contributed by atoms with van der Waals surface area (Å²) in [6.45, 7) is 2.01. The topological polar surface area (TPSA) is 54.8 Å². The van der Waals surface area contributed by atoms with Crippen molar-refractivity contribution in [3.63, 3.8) is 0 Å². The number of amides is 1. The van der Waals surface area contributed by atoms with E-state index < -0.39 is 6.36 Å². The Balaban J connectivity index is 1.67. The summed E-state index contributed by atoms with van der Waals surface area (Å²) in [4.78, 5) is 28.9. The number of ether oxygens (including phenoxy) is 1. The third kappa shape index (κ3) is 4.61. The molecule has 2 aliphatic rings. The predicted octanol–water partition coefficient (Wildman–Crippen LogP) is 2.92. The molecule has 166 valence electrons. The first-order valence-corrected chi connectivity index (χ1v) is 10.1. The molecule has 1 fully saturated rings. The lowest BCUT2D eigenvalue weighted by atomic mass is 9.80. The molecule has 0 radical (unpaired) electrons. The van der Waals surface area contributed by atoms with Crippen molar-refractivity contribution >= 4 is 5.91 Å². The quantitative estimate of drug-likeness (QED) is 0.741. The fourth-order valence-corrected chi connectivity index (χ4v) is 4.67. The molecular formula is C22H24F3N3O3. The monoisotopic (exact) mass is 435 g/mol. The number of nitrogens with zero attached hydrogens (tertiary/aromatic N) is 3. The minimum absolute atomic E-state index is 0.00591. The van der Waals surface area contributed by atoms with E-state index in [9.17, 15) is 22.8 Å².